The van der Waals surface area contributed by atoms with Gasteiger partial charge in [-0.05, 0) is 44.5 Å². The number of likely N-dealkylation sites (N-methyl/N-ethyl adjacent to an activating group) is 1. The number of likely N-dealkylation sites (tertiary alicyclic amines) is 1. The summed E-state index contributed by atoms with van der Waals surface area (Å²) >= 11 is 0. The van der Waals surface area contributed by atoms with Crippen LogP contribution in [-0.4, -0.2) is 50.7 Å². The van der Waals surface area contributed by atoms with Crippen molar-refractivity contribution in [3.63, 3.8) is 0 Å². The maximum atomic E-state index is 12.6. The molecule has 1 aliphatic heterocycles. The molecule has 0 aliphatic carbocycles. The fourth-order valence-corrected chi connectivity index (χ4v) is 4.57. The van der Waals surface area contributed by atoms with Gasteiger partial charge in [0.15, 0.2) is 9.84 Å². The summed E-state index contributed by atoms with van der Waals surface area (Å²) in [6, 6.07) is 6.58. The molecule has 1 unspecified atom stereocenters. The molecule has 1 atom stereocenters. The van der Waals surface area contributed by atoms with Crippen LogP contribution in [0.5, 0.6) is 0 Å². The van der Waals surface area contributed by atoms with Crippen molar-refractivity contribution in [3.05, 3.63) is 29.8 Å². The molecule has 1 fully saturated rings. The number of amides is 1. The number of hydrogen-bond donors (Lipinski definition) is 1. The van der Waals surface area contributed by atoms with Gasteiger partial charge in [0.25, 0.3) is 5.91 Å². The highest BCUT2D eigenvalue weighted by Gasteiger charge is 2.25. The molecule has 0 aromatic heterocycles. The predicted octanol–water partition coefficient (Wildman–Crippen LogP) is 2.08. The molecule has 0 bridgehead atoms. The molecule has 0 radical (unpaired) electrons. The van der Waals surface area contributed by atoms with E-state index in [1.807, 2.05) is 6.92 Å². The van der Waals surface area contributed by atoms with E-state index in [9.17, 15) is 13.2 Å². The van der Waals surface area contributed by atoms with E-state index in [4.69, 9.17) is 0 Å². The van der Waals surface area contributed by atoms with Gasteiger partial charge in [-0.15, -0.1) is 0 Å². The first-order valence-electron chi connectivity index (χ1n) is 8.33. The van der Waals surface area contributed by atoms with Gasteiger partial charge in [0.2, 0.25) is 0 Å². The number of carbonyl (C=O) groups excluding carboxylic acids is 1. The first kappa shape index (κ1) is 17.9. The third-order valence-corrected chi connectivity index (χ3v) is 6.20. The van der Waals surface area contributed by atoms with Gasteiger partial charge in [-0.3, -0.25) is 4.79 Å². The largest absolute Gasteiger partial charge is 0.348 e. The molecule has 1 aromatic carbocycles. The average Bonchev–Trinajstić information content (AvgIpc) is 2.55. The predicted molar refractivity (Wildman–Crippen MR) is 91.4 cm³/mol. The Morgan fingerprint density at radius 2 is 2.04 bits per heavy atom. The van der Waals surface area contributed by atoms with E-state index in [0.29, 0.717) is 6.42 Å². The zero-order valence-electron chi connectivity index (χ0n) is 13.9. The normalized spacial score (nSPS) is 19.5. The maximum absolute atomic E-state index is 12.6. The van der Waals surface area contributed by atoms with Crippen LogP contribution in [0.3, 0.4) is 0 Å². The summed E-state index contributed by atoms with van der Waals surface area (Å²) in [5.74, 6) is -0.229. The Balaban J connectivity index is 2.17. The van der Waals surface area contributed by atoms with Crippen LogP contribution in [0.1, 0.15) is 43.5 Å². The van der Waals surface area contributed by atoms with E-state index in [2.05, 4.69) is 17.1 Å². The highest BCUT2D eigenvalue weighted by Crippen LogP contribution is 2.19. The molecule has 1 amide bonds. The molecule has 23 heavy (non-hydrogen) atoms. The van der Waals surface area contributed by atoms with Crippen molar-refractivity contribution < 1.29 is 13.2 Å². The first-order valence-corrected chi connectivity index (χ1v) is 9.98. The Labute approximate surface area is 139 Å². The summed E-state index contributed by atoms with van der Waals surface area (Å²) in [5.41, 5.74) is 0.259. The van der Waals surface area contributed by atoms with Gasteiger partial charge in [0, 0.05) is 12.6 Å². The third-order valence-electron chi connectivity index (χ3n) is 4.23. The fraction of sp³-hybridized carbons (Fsp3) is 0.588. The van der Waals surface area contributed by atoms with Crippen LogP contribution < -0.4 is 5.32 Å². The Morgan fingerprint density at radius 3 is 2.74 bits per heavy atom. The molecular formula is C17H26N2O3S. The van der Waals surface area contributed by atoms with Crippen LogP contribution in [-0.2, 0) is 9.84 Å². The SMILES string of the molecule is CCCS(=O)(=O)c1ccccc1C(=O)NC1CCCN(CC)C1. The number of piperidine rings is 1. The van der Waals surface area contributed by atoms with Crippen molar-refractivity contribution in [3.8, 4) is 0 Å². The van der Waals surface area contributed by atoms with Gasteiger partial charge in [0.05, 0.1) is 16.2 Å². The zero-order valence-corrected chi connectivity index (χ0v) is 14.7. The lowest BCUT2D eigenvalue weighted by Crippen LogP contribution is -2.47. The van der Waals surface area contributed by atoms with Gasteiger partial charge in [-0.2, -0.15) is 0 Å². The Bertz CT molecular complexity index is 643. The van der Waals surface area contributed by atoms with Crippen molar-refractivity contribution in [1.82, 2.24) is 10.2 Å². The van der Waals surface area contributed by atoms with E-state index in [0.717, 1.165) is 32.5 Å². The average molecular weight is 338 g/mol. The van der Waals surface area contributed by atoms with Crippen molar-refractivity contribution in [2.45, 2.75) is 44.0 Å². The summed E-state index contributed by atoms with van der Waals surface area (Å²) in [7, 11) is -3.41. The maximum Gasteiger partial charge on any atom is 0.252 e. The van der Waals surface area contributed by atoms with Gasteiger partial charge in [-0.25, -0.2) is 8.42 Å². The summed E-state index contributed by atoms with van der Waals surface area (Å²) in [6.07, 6.45) is 2.52. The summed E-state index contributed by atoms with van der Waals surface area (Å²) in [5, 5.41) is 3.01. The second kappa shape index (κ2) is 7.93. The second-order valence-corrected chi connectivity index (χ2v) is 8.10. The molecule has 128 valence electrons. The van der Waals surface area contributed by atoms with Crippen molar-refractivity contribution >= 4 is 15.7 Å². The molecule has 1 aromatic rings. The van der Waals surface area contributed by atoms with Crippen molar-refractivity contribution in [2.75, 3.05) is 25.4 Å². The fourth-order valence-electron chi connectivity index (χ4n) is 3.03. The molecule has 5 nitrogen and oxygen atoms in total. The third kappa shape index (κ3) is 4.54. The van der Waals surface area contributed by atoms with Gasteiger partial charge >= 0.3 is 0 Å². The standard InChI is InChI=1S/C17H26N2O3S/c1-3-12-23(21,22)16-10-6-5-9-15(16)17(20)18-14-8-7-11-19(4-2)13-14/h5-6,9-10,14H,3-4,7-8,11-13H2,1-2H3,(H,18,20). The lowest BCUT2D eigenvalue weighted by atomic mass is 10.1. The smallest absolute Gasteiger partial charge is 0.252 e. The van der Waals surface area contributed by atoms with Crippen LogP contribution in [0.15, 0.2) is 29.2 Å². The molecule has 0 spiro atoms. The number of nitrogens with one attached hydrogen (secondary N) is 1. The van der Waals surface area contributed by atoms with Gasteiger partial charge < -0.3 is 10.2 Å². The Hall–Kier alpha value is -1.40. The topological polar surface area (TPSA) is 66.5 Å². The number of hydrogen-bond acceptors (Lipinski definition) is 4. The lowest BCUT2D eigenvalue weighted by molar-refractivity contribution is 0.0902. The first-order chi connectivity index (χ1) is 11.0. The van der Waals surface area contributed by atoms with E-state index in [1.165, 1.54) is 6.07 Å². The van der Waals surface area contributed by atoms with Gasteiger partial charge in [0.1, 0.15) is 0 Å². The minimum absolute atomic E-state index is 0.0599. The zero-order chi connectivity index (χ0) is 16.9. The Kier molecular flexibility index (Phi) is 6.18. The van der Waals surface area contributed by atoms with Crippen LogP contribution >= 0.6 is 0 Å². The van der Waals surface area contributed by atoms with E-state index < -0.39 is 9.84 Å². The number of carbonyl (C=O) groups is 1. The molecule has 0 saturated carbocycles. The number of sulfone groups is 1. The highest BCUT2D eigenvalue weighted by atomic mass is 32.2. The molecule has 1 N–H and O–H groups in total. The molecule has 1 heterocycles. The van der Waals surface area contributed by atoms with E-state index in [1.54, 1.807) is 18.2 Å². The van der Waals surface area contributed by atoms with Crippen molar-refractivity contribution in [2.24, 2.45) is 0 Å². The summed E-state index contributed by atoms with van der Waals surface area (Å²) in [4.78, 5) is 15.0. The van der Waals surface area contributed by atoms with Crippen LogP contribution in [0.2, 0.25) is 0 Å². The number of nitrogens with zero attached hydrogens (tertiary/aromatic N) is 1. The minimum Gasteiger partial charge on any atom is -0.348 e. The summed E-state index contributed by atoms with van der Waals surface area (Å²) < 4.78 is 24.7. The quantitative estimate of drug-likeness (QED) is 0.862. The minimum atomic E-state index is -3.41. The second-order valence-electron chi connectivity index (χ2n) is 6.02. The van der Waals surface area contributed by atoms with E-state index >= 15 is 0 Å². The molecule has 2 rings (SSSR count). The van der Waals surface area contributed by atoms with Crippen LogP contribution in [0, 0.1) is 0 Å². The van der Waals surface area contributed by atoms with Crippen molar-refractivity contribution in [1.29, 1.82) is 0 Å². The Morgan fingerprint density at radius 1 is 1.30 bits per heavy atom. The molecular weight excluding hydrogens is 312 g/mol. The van der Waals surface area contributed by atoms with Gasteiger partial charge in [-0.1, -0.05) is 26.0 Å². The van der Waals surface area contributed by atoms with Crippen LogP contribution in [0.25, 0.3) is 0 Å². The number of benzene rings is 1. The highest BCUT2D eigenvalue weighted by molar-refractivity contribution is 7.91. The van der Waals surface area contributed by atoms with Crippen LogP contribution in [0.4, 0.5) is 0 Å². The summed E-state index contributed by atoms with van der Waals surface area (Å²) in [6.45, 7) is 6.78. The lowest BCUT2D eigenvalue weighted by Gasteiger charge is -2.32. The van der Waals surface area contributed by atoms with E-state index in [-0.39, 0.29) is 28.2 Å². The monoisotopic (exact) mass is 338 g/mol. The molecule has 1 aliphatic rings. The molecule has 1 saturated heterocycles. The number of rotatable bonds is 6. The molecule has 6 heteroatoms.